The molecule has 0 amide bonds. The second-order valence-corrected chi connectivity index (χ2v) is 4.99. The molecule has 0 aliphatic rings. The van der Waals surface area contributed by atoms with E-state index >= 15 is 0 Å². The Morgan fingerprint density at radius 3 is 2.06 bits per heavy atom. The second-order valence-electron chi connectivity index (χ2n) is 4.99. The lowest BCUT2D eigenvalue weighted by molar-refractivity contribution is 0.276. The molecule has 98 valence electrons. The van der Waals surface area contributed by atoms with Crippen molar-refractivity contribution in [1.82, 2.24) is 4.90 Å². The zero-order valence-corrected chi connectivity index (χ0v) is 12.1. The van der Waals surface area contributed by atoms with Crippen LogP contribution in [0.15, 0.2) is 0 Å². The van der Waals surface area contributed by atoms with Crippen LogP contribution >= 0.6 is 0 Å². The normalized spacial score (nSPS) is 13.3. The maximum Gasteiger partial charge on any atom is -0.00189 e. The number of rotatable bonds is 11. The van der Waals surface area contributed by atoms with Crippen LogP contribution in [0.25, 0.3) is 0 Å². The fourth-order valence-electron chi connectivity index (χ4n) is 2.47. The molecule has 0 radical (unpaired) electrons. The minimum Gasteiger partial charge on any atom is -0.304 e. The predicted octanol–water partition coefficient (Wildman–Crippen LogP) is 4.71. The largest absolute Gasteiger partial charge is 0.304 e. The molecular weight excluding hydrogens is 194 g/mol. The van der Waals surface area contributed by atoms with Crippen LogP contribution in [0, 0.1) is 5.92 Å². The average molecular weight is 227 g/mol. The highest BCUT2D eigenvalue weighted by Crippen LogP contribution is 2.18. The molecule has 0 saturated carbocycles. The SMILES string of the molecule is CCC[C@@H](CC)CCCCN(CC)CCC. The first-order chi connectivity index (χ1) is 7.78. The zero-order valence-electron chi connectivity index (χ0n) is 12.1. The van der Waals surface area contributed by atoms with Crippen LogP contribution in [0.5, 0.6) is 0 Å². The summed E-state index contributed by atoms with van der Waals surface area (Å²) in [6.45, 7) is 13.0. The molecule has 1 nitrogen and oxygen atoms in total. The maximum absolute atomic E-state index is 2.58. The standard InChI is InChI=1S/C15H33N/c1-5-11-15(7-3)12-9-10-14-16(8-4)13-6-2/h15H,5-14H2,1-4H3/t15-/m1/s1. The Kier molecular flexibility index (Phi) is 11.4. The summed E-state index contributed by atoms with van der Waals surface area (Å²) >= 11 is 0. The molecule has 0 aromatic rings. The number of nitrogens with zero attached hydrogens (tertiary/aromatic N) is 1. The first kappa shape index (κ1) is 16.0. The summed E-state index contributed by atoms with van der Waals surface area (Å²) in [4.78, 5) is 2.58. The van der Waals surface area contributed by atoms with Gasteiger partial charge in [-0.3, -0.25) is 0 Å². The van der Waals surface area contributed by atoms with Crippen LogP contribution in [0.3, 0.4) is 0 Å². The first-order valence-electron chi connectivity index (χ1n) is 7.50. The maximum atomic E-state index is 2.58. The van der Waals surface area contributed by atoms with Gasteiger partial charge in [0.05, 0.1) is 0 Å². The van der Waals surface area contributed by atoms with Crippen molar-refractivity contribution >= 4 is 0 Å². The Labute approximate surface area is 104 Å². The molecule has 0 heterocycles. The van der Waals surface area contributed by atoms with Gasteiger partial charge >= 0.3 is 0 Å². The van der Waals surface area contributed by atoms with Crippen molar-refractivity contribution in [2.45, 2.75) is 72.6 Å². The highest BCUT2D eigenvalue weighted by molar-refractivity contribution is 4.59. The summed E-state index contributed by atoms with van der Waals surface area (Å²) in [7, 11) is 0. The molecule has 0 aromatic heterocycles. The van der Waals surface area contributed by atoms with Gasteiger partial charge < -0.3 is 4.90 Å². The minimum atomic E-state index is 0.992. The third-order valence-corrected chi connectivity index (χ3v) is 3.60. The average Bonchev–Trinajstić information content (AvgIpc) is 2.31. The fraction of sp³-hybridized carbons (Fsp3) is 1.00. The number of hydrogen-bond acceptors (Lipinski definition) is 1. The van der Waals surface area contributed by atoms with Crippen molar-refractivity contribution in [2.75, 3.05) is 19.6 Å². The van der Waals surface area contributed by atoms with Gasteiger partial charge in [0.25, 0.3) is 0 Å². The Balaban J connectivity index is 3.48. The number of hydrogen-bond donors (Lipinski definition) is 0. The van der Waals surface area contributed by atoms with Crippen molar-refractivity contribution in [3.8, 4) is 0 Å². The summed E-state index contributed by atoms with van der Waals surface area (Å²) in [5, 5.41) is 0. The monoisotopic (exact) mass is 227 g/mol. The van der Waals surface area contributed by atoms with Crippen molar-refractivity contribution in [3.63, 3.8) is 0 Å². The highest BCUT2D eigenvalue weighted by Gasteiger charge is 2.05. The quantitative estimate of drug-likeness (QED) is 0.462. The zero-order chi connectivity index (χ0) is 12.2. The van der Waals surface area contributed by atoms with Gasteiger partial charge in [0.1, 0.15) is 0 Å². The molecule has 16 heavy (non-hydrogen) atoms. The van der Waals surface area contributed by atoms with E-state index in [1.165, 1.54) is 64.6 Å². The van der Waals surface area contributed by atoms with Gasteiger partial charge in [-0.25, -0.2) is 0 Å². The summed E-state index contributed by atoms with van der Waals surface area (Å²) in [5.74, 6) is 0.992. The smallest absolute Gasteiger partial charge is 0.00189 e. The molecule has 0 aliphatic carbocycles. The third kappa shape index (κ3) is 8.15. The fourth-order valence-corrected chi connectivity index (χ4v) is 2.47. The van der Waals surface area contributed by atoms with Gasteiger partial charge in [-0.15, -0.1) is 0 Å². The Morgan fingerprint density at radius 1 is 0.812 bits per heavy atom. The molecule has 0 saturated heterocycles. The predicted molar refractivity (Wildman–Crippen MR) is 74.9 cm³/mol. The van der Waals surface area contributed by atoms with Crippen molar-refractivity contribution in [2.24, 2.45) is 5.92 Å². The van der Waals surface area contributed by atoms with E-state index in [-0.39, 0.29) is 0 Å². The van der Waals surface area contributed by atoms with E-state index in [2.05, 4.69) is 32.6 Å². The minimum absolute atomic E-state index is 0.992. The molecule has 0 bridgehead atoms. The molecule has 1 atom stereocenters. The number of unbranched alkanes of at least 4 members (excludes halogenated alkanes) is 1. The van der Waals surface area contributed by atoms with Gasteiger partial charge in [-0.05, 0) is 38.4 Å². The van der Waals surface area contributed by atoms with Gasteiger partial charge in [-0.2, -0.15) is 0 Å². The molecule has 1 heteroatoms. The van der Waals surface area contributed by atoms with E-state index in [4.69, 9.17) is 0 Å². The Bertz CT molecular complexity index is 117. The topological polar surface area (TPSA) is 3.24 Å². The van der Waals surface area contributed by atoms with E-state index in [1.54, 1.807) is 0 Å². The molecular formula is C15H33N. The molecule has 0 aliphatic heterocycles. The van der Waals surface area contributed by atoms with Crippen LogP contribution in [0.4, 0.5) is 0 Å². The van der Waals surface area contributed by atoms with Gasteiger partial charge in [0.2, 0.25) is 0 Å². The second kappa shape index (κ2) is 11.4. The highest BCUT2D eigenvalue weighted by atomic mass is 15.1. The Morgan fingerprint density at radius 2 is 1.56 bits per heavy atom. The van der Waals surface area contributed by atoms with E-state index in [0.717, 1.165) is 5.92 Å². The molecule has 0 fully saturated rings. The van der Waals surface area contributed by atoms with Gasteiger partial charge in [0, 0.05) is 0 Å². The van der Waals surface area contributed by atoms with Crippen LogP contribution in [0.2, 0.25) is 0 Å². The van der Waals surface area contributed by atoms with Crippen LogP contribution in [0.1, 0.15) is 72.6 Å². The molecule has 0 rings (SSSR count). The summed E-state index contributed by atoms with van der Waals surface area (Å²) in [6, 6.07) is 0. The van der Waals surface area contributed by atoms with Crippen LogP contribution in [-0.2, 0) is 0 Å². The van der Waals surface area contributed by atoms with Crippen molar-refractivity contribution in [3.05, 3.63) is 0 Å². The lowest BCUT2D eigenvalue weighted by atomic mass is 9.94. The van der Waals surface area contributed by atoms with E-state index in [0.29, 0.717) is 0 Å². The van der Waals surface area contributed by atoms with Crippen LogP contribution < -0.4 is 0 Å². The molecule has 0 aromatic carbocycles. The lowest BCUT2D eigenvalue weighted by Crippen LogP contribution is -2.25. The third-order valence-electron chi connectivity index (χ3n) is 3.60. The van der Waals surface area contributed by atoms with Gasteiger partial charge in [-0.1, -0.05) is 59.8 Å². The molecule has 0 unspecified atom stereocenters. The first-order valence-corrected chi connectivity index (χ1v) is 7.50. The van der Waals surface area contributed by atoms with Crippen molar-refractivity contribution in [1.29, 1.82) is 0 Å². The Hall–Kier alpha value is -0.0400. The van der Waals surface area contributed by atoms with E-state index < -0.39 is 0 Å². The summed E-state index contributed by atoms with van der Waals surface area (Å²) in [6.07, 6.45) is 9.74. The lowest BCUT2D eigenvalue weighted by Gasteiger charge is -2.20. The van der Waals surface area contributed by atoms with E-state index in [1.807, 2.05) is 0 Å². The van der Waals surface area contributed by atoms with Crippen LogP contribution in [-0.4, -0.2) is 24.5 Å². The molecule has 0 N–H and O–H groups in total. The summed E-state index contributed by atoms with van der Waals surface area (Å²) < 4.78 is 0. The van der Waals surface area contributed by atoms with E-state index in [9.17, 15) is 0 Å². The van der Waals surface area contributed by atoms with Crippen molar-refractivity contribution < 1.29 is 0 Å². The van der Waals surface area contributed by atoms with Gasteiger partial charge in [0.15, 0.2) is 0 Å². The molecule has 0 spiro atoms. The summed E-state index contributed by atoms with van der Waals surface area (Å²) in [5.41, 5.74) is 0.